The largest absolute Gasteiger partial charge is 0.476 e. The average molecular weight is 476 g/mol. The van der Waals surface area contributed by atoms with Crippen molar-refractivity contribution in [2.75, 3.05) is 19.7 Å². The van der Waals surface area contributed by atoms with Gasteiger partial charge in [0.25, 0.3) is 0 Å². The minimum atomic E-state index is -1.15. The molecule has 2 amide bonds. The number of aromatic carboxylic acids is 1. The minimum Gasteiger partial charge on any atom is -0.476 e. The van der Waals surface area contributed by atoms with Gasteiger partial charge in [-0.3, -0.25) is 4.79 Å². The van der Waals surface area contributed by atoms with Crippen molar-refractivity contribution in [3.63, 3.8) is 0 Å². The van der Waals surface area contributed by atoms with Crippen molar-refractivity contribution in [2.45, 2.75) is 18.9 Å². The highest BCUT2D eigenvalue weighted by Gasteiger charge is 2.42. The highest BCUT2D eigenvalue weighted by atomic mass is 16.5. The first-order valence-electron chi connectivity index (χ1n) is 11.5. The second-order valence-electron chi connectivity index (χ2n) is 8.77. The second-order valence-corrected chi connectivity index (χ2v) is 8.77. The topological polar surface area (TPSA) is 135 Å². The van der Waals surface area contributed by atoms with Gasteiger partial charge in [-0.25, -0.2) is 14.3 Å². The molecule has 0 aliphatic heterocycles. The number of nitrogens with one attached hydrogen (secondary N) is 2. The molecule has 3 N–H and O–H groups in total. The molecule has 10 heteroatoms. The van der Waals surface area contributed by atoms with Crippen molar-refractivity contribution in [3.05, 3.63) is 71.5 Å². The van der Waals surface area contributed by atoms with Crippen LogP contribution in [0.2, 0.25) is 0 Å². The molecule has 1 heterocycles. The number of carboxylic acid groups (broad SMARTS) is 1. The average Bonchev–Trinajstić information content (AvgIpc) is 3.36. The fourth-order valence-corrected chi connectivity index (χ4v) is 4.59. The molecule has 1 saturated carbocycles. The van der Waals surface area contributed by atoms with E-state index in [0.29, 0.717) is 26.1 Å². The number of nitrogens with zero attached hydrogens (tertiary/aromatic N) is 3. The van der Waals surface area contributed by atoms with E-state index in [2.05, 4.69) is 45.2 Å². The third kappa shape index (κ3) is 4.86. The third-order valence-corrected chi connectivity index (χ3v) is 6.51. The van der Waals surface area contributed by atoms with E-state index in [0.717, 1.165) is 11.1 Å². The summed E-state index contributed by atoms with van der Waals surface area (Å²) in [7, 11) is 0. The Morgan fingerprint density at radius 2 is 1.71 bits per heavy atom. The van der Waals surface area contributed by atoms with Crippen molar-refractivity contribution >= 4 is 18.0 Å². The molecule has 2 aliphatic rings. The second kappa shape index (κ2) is 9.57. The zero-order valence-electron chi connectivity index (χ0n) is 18.9. The summed E-state index contributed by atoms with van der Waals surface area (Å²) in [6.07, 6.45) is 1.52. The normalized spacial score (nSPS) is 17.8. The number of benzene rings is 2. The van der Waals surface area contributed by atoms with Gasteiger partial charge in [0, 0.05) is 24.9 Å². The van der Waals surface area contributed by atoms with Crippen LogP contribution in [0.4, 0.5) is 4.79 Å². The maximum absolute atomic E-state index is 12.3. The number of aromatic nitrogens is 3. The summed E-state index contributed by atoms with van der Waals surface area (Å²) >= 11 is 0. The molecule has 2 aromatic carbocycles. The smallest absolute Gasteiger partial charge is 0.407 e. The van der Waals surface area contributed by atoms with Gasteiger partial charge >= 0.3 is 12.1 Å². The van der Waals surface area contributed by atoms with Crippen LogP contribution in [0.5, 0.6) is 0 Å². The van der Waals surface area contributed by atoms with Crippen molar-refractivity contribution in [1.29, 1.82) is 0 Å². The van der Waals surface area contributed by atoms with Crippen LogP contribution in [0.25, 0.3) is 11.1 Å². The van der Waals surface area contributed by atoms with Gasteiger partial charge in [-0.1, -0.05) is 53.7 Å². The molecule has 2 atom stereocenters. The SMILES string of the molecule is O=C(NC[C@@H]1C[C@@H]1C(=O)NCCn1cc(C(=O)O)nn1)OCC1c2ccccc2-c2ccccc21. The summed E-state index contributed by atoms with van der Waals surface area (Å²) in [6, 6.07) is 16.3. The Kier molecular flexibility index (Phi) is 6.17. The first-order valence-corrected chi connectivity index (χ1v) is 11.5. The molecule has 180 valence electrons. The molecular formula is C25H25N5O5. The van der Waals surface area contributed by atoms with Gasteiger partial charge in [0.05, 0.1) is 12.7 Å². The Bertz CT molecular complexity index is 1230. The number of ether oxygens (including phenoxy) is 1. The van der Waals surface area contributed by atoms with Crippen LogP contribution < -0.4 is 10.6 Å². The monoisotopic (exact) mass is 475 g/mol. The maximum Gasteiger partial charge on any atom is 0.407 e. The first-order chi connectivity index (χ1) is 17.0. The molecule has 0 spiro atoms. The molecule has 1 fully saturated rings. The van der Waals surface area contributed by atoms with E-state index < -0.39 is 12.1 Å². The number of amides is 2. The van der Waals surface area contributed by atoms with Crippen LogP contribution in [-0.2, 0) is 16.1 Å². The molecule has 3 aromatic rings. The summed E-state index contributed by atoms with van der Waals surface area (Å²) in [5.41, 5.74) is 4.53. The lowest BCUT2D eigenvalue weighted by atomic mass is 9.98. The Labute approximate surface area is 201 Å². The van der Waals surface area contributed by atoms with Crippen molar-refractivity contribution in [1.82, 2.24) is 25.6 Å². The predicted octanol–water partition coefficient (Wildman–Crippen LogP) is 2.27. The minimum absolute atomic E-state index is 0.00386. The van der Waals surface area contributed by atoms with Gasteiger partial charge < -0.3 is 20.5 Å². The number of hydrogen-bond acceptors (Lipinski definition) is 6. The van der Waals surface area contributed by atoms with Gasteiger partial charge in [-0.05, 0) is 34.6 Å². The summed E-state index contributed by atoms with van der Waals surface area (Å²) < 4.78 is 6.91. The molecular weight excluding hydrogens is 450 g/mol. The van der Waals surface area contributed by atoms with Crippen LogP contribution >= 0.6 is 0 Å². The van der Waals surface area contributed by atoms with Crippen LogP contribution in [0.1, 0.15) is 34.0 Å². The van der Waals surface area contributed by atoms with E-state index >= 15 is 0 Å². The summed E-state index contributed by atoms with van der Waals surface area (Å²) in [5.74, 6) is -1.33. The van der Waals surface area contributed by atoms with E-state index in [1.165, 1.54) is 22.0 Å². The van der Waals surface area contributed by atoms with Crippen LogP contribution in [0, 0.1) is 11.8 Å². The van der Waals surface area contributed by atoms with Crippen molar-refractivity contribution < 1.29 is 24.2 Å². The third-order valence-electron chi connectivity index (χ3n) is 6.51. The van der Waals surface area contributed by atoms with Crippen LogP contribution in [-0.4, -0.2) is 57.8 Å². The summed E-state index contributed by atoms with van der Waals surface area (Å²) in [5, 5.41) is 21.7. The lowest BCUT2D eigenvalue weighted by Crippen LogP contribution is -2.31. The Morgan fingerprint density at radius 1 is 1.03 bits per heavy atom. The molecule has 0 unspecified atom stereocenters. The standard InChI is InChI=1S/C25H25N5O5/c31-23(26-9-10-30-13-22(24(32)33)28-29-30)20-11-15(20)12-27-25(34)35-14-21-18-7-3-1-5-16(18)17-6-2-4-8-19(17)21/h1-8,13,15,20-21H,9-12,14H2,(H,26,31)(H,27,34)(H,32,33)/t15-,20-/m0/s1. The molecule has 0 radical (unpaired) electrons. The van der Waals surface area contributed by atoms with Crippen molar-refractivity contribution in [3.8, 4) is 11.1 Å². The molecule has 1 aromatic heterocycles. The molecule has 35 heavy (non-hydrogen) atoms. The number of hydrogen-bond donors (Lipinski definition) is 3. The van der Waals surface area contributed by atoms with E-state index in [-0.39, 0.29) is 36.0 Å². The van der Waals surface area contributed by atoms with E-state index in [4.69, 9.17) is 9.84 Å². The lowest BCUT2D eigenvalue weighted by Gasteiger charge is -2.14. The number of carbonyl (C=O) groups excluding carboxylic acids is 2. The predicted molar refractivity (Wildman–Crippen MR) is 125 cm³/mol. The van der Waals surface area contributed by atoms with Gasteiger partial charge in [-0.15, -0.1) is 5.10 Å². The number of fused-ring (bicyclic) bond motifs is 3. The summed E-state index contributed by atoms with van der Waals surface area (Å²) in [4.78, 5) is 35.4. The van der Waals surface area contributed by atoms with E-state index in [9.17, 15) is 14.4 Å². The van der Waals surface area contributed by atoms with E-state index in [1.807, 2.05) is 24.3 Å². The quantitative estimate of drug-likeness (QED) is 0.432. The molecule has 10 nitrogen and oxygen atoms in total. The number of rotatable bonds is 9. The van der Waals surface area contributed by atoms with E-state index in [1.54, 1.807) is 0 Å². The molecule has 0 bridgehead atoms. The Hall–Kier alpha value is -4.21. The van der Waals surface area contributed by atoms with Gasteiger partial charge in [0.15, 0.2) is 5.69 Å². The Balaban J connectivity index is 1.03. The van der Waals surface area contributed by atoms with Gasteiger partial charge in [0.1, 0.15) is 6.61 Å². The number of alkyl carbamates (subject to hydrolysis) is 1. The fraction of sp³-hybridized carbons (Fsp3) is 0.320. The fourth-order valence-electron chi connectivity index (χ4n) is 4.59. The highest BCUT2D eigenvalue weighted by Crippen LogP contribution is 2.44. The lowest BCUT2D eigenvalue weighted by molar-refractivity contribution is -0.122. The maximum atomic E-state index is 12.3. The zero-order valence-corrected chi connectivity index (χ0v) is 18.9. The molecule has 2 aliphatic carbocycles. The van der Waals surface area contributed by atoms with Gasteiger partial charge in [-0.2, -0.15) is 0 Å². The van der Waals surface area contributed by atoms with Gasteiger partial charge in [0.2, 0.25) is 5.91 Å². The zero-order chi connectivity index (χ0) is 24.4. The molecule has 0 saturated heterocycles. The number of carboxylic acids is 1. The van der Waals surface area contributed by atoms with Crippen molar-refractivity contribution in [2.24, 2.45) is 11.8 Å². The molecule has 5 rings (SSSR count). The number of carbonyl (C=O) groups is 3. The van der Waals surface area contributed by atoms with Crippen LogP contribution in [0.15, 0.2) is 54.7 Å². The summed E-state index contributed by atoms with van der Waals surface area (Å²) in [6.45, 7) is 1.26. The highest BCUT2D eigenvalue weighted by molar-refractivity contribution is 5.84. The first kappa shape index (κ1) is 22.6. The van der Waals surface area contributed by atoms with Crippen LogP contribution in [0.3, 0.4) is 0 Å². The Morgan fingerprint density at radius 3 is 2.37 bits per heavy atom.